The Balaban J connectivity index is 2.58. The number of hydrogen-bond acceptors (Lipinski definition) is 1. The summed E-state index contributed by atoms with van der Waals surface area (Å²) in [7, 11) is 0. The second-order valence-corrected chi connectivity index (χ2v) is 2.56. The molecule has 1 rings (SSSR count). The van der Waals surface area contributed by atoms with Crippen LogP contribution in [0.4, 0.5) is 8.78 Å². The Bertz CT molecular complexity index is 211. The Morgan fingerprint density at radius 1 is 1.80 bits per heavy atom. The highest BCUT2D eigenvalue weighted by molar-refractivity contribution is 9.10. The van der Waals surface area contributed by atoms with Gasteiger partial charge in [-0.3, -0.25) is 4.68 Å². The van der Waals surface area contributed by atoms with Gasteiger partial charge >= 0.3 is 0 Å². The van der Waals surface area contributed by atoms with Crippen molar-refractivity contribution in [1.82, 2.24) is 9.78 Å². The number of rotatable bonds is 2. The predicted molar refractivity (Wildman–Crippen MR) is 34.8 cm³/mol. The number of alkyl halides is 2. The van der Waals surface area contributed by atoms with Crippen molar-refractivity contribution in [3.8, 4) is 0 Å². The van der Waals surface area contributed by atoms with E-state index in [9.17, 15) is 8.78 Å². The zero-order valence-electron chi connectivity index (χ0n) is 4.89. The molecule has 2 nitrogen and oxygen atoms in total. The smallest absolute Gasteiger partial charge is 0.257 e. The third-order valence-electron chi connectivity index (χ3n) is 0.873. The predicted octanol–water partition coefficient (Wildman–Crippen LogP) is 1.71. The monoisotopic (exact) mass is 209 g/mol. The molecule has 0 aromatic carbocycles. The van der Waals surface area contributed by atoms with Gasteiger partial charge in [0.1, 0.15) is 12.7 Å². The third-order valence-corrected chi connectivity index (χ3v) is 1.25. The highest BCUT2D eigenvalue weighted by Gasteiger charge is 2.03. The summed E-state index contributed by atoms with van der Waals surface area (Å²) in [5.41, 5.74) is 0. The van der Waals surface area contributed by atoms with Crippen LogP contribution in [0.25, 0.3) is 0 Å². The lowest BCUT2D eigenvalue weighted by molar-refractivity contribution is 0.122. The molecule has 10 heavy (non-hydrogen) atoms. The van der Waals surface area contributed by atoms with E-state index >= 15 is 0 Å². The molecular weight excluding hydrogens is 206 g/mol. The number of hydrogen-bond donors (Lipinski definition) is 0. The third kappa shape index (κ3) is 2.06. The quantitative estimate of drug-likeness (QED) is 0.726. The van der Waals surface area contributed by atoms with Gasteiger partial charge in [0.25, 0.3) is 6.43 Å². The molecule has 0 bridgehead atoms. The lowest BCUT2D eigenvalue weighted by Crippen LogP contribution is -2.06. The van der Waals surface area contributed by atoms with E-state index in [0.717, 1.165) is 4.68 Å². The summed E-state index contributed by atoms with van der Waals surface area (Å²) in [6, 6.07) is 0. The van der Waals surface area contributed by atoms with Gasteiger partial charge in [-0.1, -0.05) is 0 Å². The van der Waals surface area contributed by atoms with Gasteiger partial charge in [0, 0.05) is 6.20 Å². The van der Waals surface area contributed by atoms with Crippen LogP contribution in [-0.4, -0.2) is 16.2 Å². The van der Waals surface area contributed by atoms with Crippen LogP contribution in [0.15, 0.2) is 10.7 Å². The Labute approximate surface area is 65.0 Å². The van der Waals surface area contributed by atoms with Crippen LogP contribution in [0.2, 0.25) is 0 Å². The zero-order valence-corrected chi connectivity index (χ0v) is 6.48. The number of nitrogens with zero attached hydrogens (tertiary/aromatic N) is 2. The summed E-state index contributed by atoms with van der Waals surface area (Å²) in [5.74, 6) is 0. The topological polar surface area (TPSA) is 17.8 Å². The molecule has 55 valence electrons. The maximum Gasteiger partial charge on any atom is 0.257 e. The molecule has 0 aliphatic rings. The molecule has 0 unspecified atom stereocenters. The molecule has 1 radical (unpaired) electrons. The molecule has 0 N–H and O–H groups in total. The Morgan fingerprint density at radius 3 is 2.90 bits per heavy atom. The van der Waals surface area contributed by atoms with Crippen molar-refractivity contribution in [3.63, 3.8) is 0 Å². The Kier molecular flexibility index (Phi) is 2.37. The summed E-state index contributed by atoms with van der Waals surface area (Å²) in [6.45, 7) is -0.373. The van der Waals surface area contributed by atoms with E-state index in [-0.39, 0.29) is 6.54 Å². The van der Waals surface area contributed by atoms with E-state index in [4.69, 9.17) is 0 Å². The minimum Gasteiger partial charge on any atom is -0.265 e. The van der Waals surface area contributed by atoms with Gasteiger partial charge in [-0.05, 0) is 15.9 Å². The Morgan fingerprint density at radius 2 is 2.50 bits per heavy atom. The lowest BCUT2D eigenvalue weighted by Gasteiger charge is -1.96. The van der Waals surface area contributed by atoms with Crippen LogP contribution in [0.5, 0.6) is 0 Å². The molecule has 5 heteroatoms. The summed E-state index contributed by atoms with van der Waals surface area (Å²) < 4.78 is 25.0. The first kappa shape index (κ1) is 7.65. The zero-order chi connectivity index (χ0) is 7.56. The number of aromatic nitrogens is 2. The number of halogens is 3. The fourth-order valence-electron chi connectivity index (χ4n) is 0.535. The van der Waals surface area contributed by atoms with E-state index in [2.05, 4.69) is 27.2 Å². The fourth-order valence-corrected chi connectivity index (χ4v) is 0.851. The Hall–Kier alpha value is -0.450. The molecule has 1 heterocycles. The standard InChI is InChI=1S/C5H4BrF2N2/c6-4-1-9-10(2-4)3-5(7)8/h2,5H,3H2. The molecule has 0 spiro atoms. The van der Waals surface area contributed by atoms with Gasteiger partial charge in [0.15, 0.2) is 0 Å². The highest BCUT2D eigenvalue weighted by Crippen LogP contribution is 2.06. The van der Waals surface area contributed by atoms with Crippen molar-refractivity contribution >= 4 is 15.9 Å². The molecule has 0 saturated carbocycles. The van der Waals surface area contributed by atoms with Gasteiger partial charge in [-0.15, -0.1) is 0 Å². The van der Waals surface area contributed by atoms with E-state index in [1.54, 1.807) is 0 Å². The van der Waals surface area contributed by atoms with Crippen LogP contribution in [0, 0.1) is 6.20 Å². The average Bonchev–Trinajstić information content (AvgIpc) is 2.13. The average molecular weight is 210 g/mol. The van der Waals surface area contributed by atoms with Gasteiger partial charge in [-0.25, -0.2) is 8.78 Å². The second kappa shape index (κ2) is 3.09. The minimum atomic E-state index is -2.36. The molecular formula is C5H4BrF2N2. The normalized spacial score (nSPS) is 10.8. The summed E-state index contributed by atoms with van der Waals surface area (Å²) in [4.78, 5) is 0. The van der Waals surface area contributed by atoms with Crippen molar-refractivity contribution in [3.05, 3.63) is 16.9 Å². The molecule has 0 atom stereocenters. The molecule has 0 amide bonds. The molecule has 0 aliphatic carbocycles. The summed E-state index contributed by atoms with van der Waals surface area (Å²) in [5, 5.41) is 3.52. The van der Waals surface area contributed by atoms with Gasteiger partial charge < -0.3 is 0 Å². The van der Waals surface area contributed by atoms with Crippen LogP contribution >= 0.6 is 15.9 Å². The fraction of sp³-hybridized carbons (Fsp3) is 0.400. The SMILES string of the molecule is FC(F)Cn1cc(Br)[c]n1. The molecule has 0 saturated heterocycles. The van der Waals surface area contributed by atoms with Crippen LogP contribution in [0.3, 0.4) is 0 Å². The molecule has 0 aliphatic heterocycles. The maximum atomic E-state index is 11.6. The van der Waals surface area contributed by atoms with Crippen LogP contribution in [0.1, 0.15) is 0 Å². The van der Waals surface area contributed by atoms with Crippen LogP contribution < -0.4 is 0 Å². The van der Waals surface area contributed by atoms with E-state index in [0.29, 0.717) is 4.47 Å². The first-order valence-electron chi connectivity index (χ1n) is 2.57. The van der Waals surface area contributed by atoms with E-state index in [1.807, 2.05) is 0 Å². The molecule has 1 aromatic heterocycles. The summed E-state index contributed by atoms with van der Waals surface area (Å²) in [6.07, 6.45) is 1.56. The molecule has 1 aromatic rings. The van der Waals surface area contributed by atoms with Gasteiger partial charge in [0.2, 0.25) is 0 Å². The lowest BCUT2D eigenvalue weighted by atomic mass is 10.7. The largest absolute Gasteiger partial charge is 0.265 e. The van der Waals surface area contributed by atoms with Crippen molar-refractivity contribution in [2.24, 2.45) is 0 Å². The minimum absolute atomic E-state index is 0.373. The van der Waals surface area contributed by atoms with E-state index in [1.165, 1.54) is 6.20 Å². The van der Waals surface area contributed by atoms with Crippen molar-refractivity contribution in [1.29, 1.82) is 0 Å². The second-order valence-electron chi connectivity index (χ2n) is 1.70. The first-order chi connectivity index (χ1) is 4.68. The maximum absolute atomic E-state index is 11.6. The van der Waals surface area contributed by atoms with Crippen molar-refractivity contribution < 1.29 is 8.78 Å². The van der Waals surface area contributed by atoms with Gasteiger partial charge in [0.05, 0.1) is 4.47 Å². The first-order valence-corrected chi connectivity index (χ1v) is 3.36. The summed E-state index contributed by atoms with van der Waals surface area (Å²) >= 11 is 3.04. The molecule has 0 fully saturated rings. The van der Waals surface area contributed by atoms with Gasteiger partial charge in [-0.2, -0.15) is 5.10 Å². The van der Waals surface area contributed by atoms with Crippen LogP contribution in [-0.2, 0) is 6.54 Å². The van der Waals surface area contributed by atoms with Crippen molar-refractivity contribution in [2.75, 3.05) is 0 Å². The van der Waals surface area contributed by atoms with E-state index < -0.39 is 6.43 Å². The highest BCUT2D eigenvalue weighted by atomic mass is 79.9. The van der Waals surface area contributed by atoms with Crippen molar-refractivity contribution in [2.45, 2.75) is 13.0 Å².